The largest absolute Gasteiger partial charge is 0.309 e. The predicted molar refractivity (Wildman–Crippen MR) is 72.5 cm³/mol. The molecule has 2 aliphatic rings. The first-order valence-electron chi connectivity index (χ1n) is 7.01. The van der Waals surface area contributed by atoms with E-state index in [2.05, 4.69) is 17.6 Å². The number of nitrogens with zero attached hydrogens (tertiary/aromatic N) is 1. The SMILES string of the molecule is CC1CCCC(c2nc(C3CCCN3)cs2)C1. The van der Waals surface area contributed by atoms with Gasteiger partial charge < -0.3 is 5.32 Å². The fourth-order valence-electron chi connectivity index (χ4n) is 3.24. The molecule has 0 aromatic carbocycles. The van der Waals surface area contributed by atoms with Crippen LogP contribution in [0.5, 0.6) is 0 Å². The van der Waals surface area contributed by atoms with Gasteiger partial charge in [0.25, 0.3) is 0 Å². The van der Waals surface area contributed by atoms with Gasteiger partial charge in [-0.05, 0) is 38.1 Å². The third kappa shape index (κ3) is 2.55. The van der Waals surface area contributed by atoms with E-state index in [4.69, 9.17) is 4.98 Å². The highest BCUT2D eigenvalue weighted by atomic mass is 32.1. The Morgan fingerprint density at radius 2 is 2.24 bits per heavy atom. The second-order valence-corrected chi connectivity index (χ2v) is 6.62. The van der Waals surface area contributed by atoms with Gasteiger partial charge in [-0.1, -0.05) is 19.8 Å². The number of hydrogen-bond donors (Lipinski definition) is 1. The van der Waals surface area contributed by atoms with Crippen LogP contribution in [0.2, 0.25) is 0 Å². The molecule has 3 heteroatoms. The average Bonchev–Trinajstić information content (AvgIpc) is 3.00. The quantitative estimate of drug-likeness (QED) is 0.862. The third-order valence-corrected chi connectivity index (χ3v) is 5.27. The molecule has 2 nitrogen and oxygen atoms in total. The van der Waals surface area contributed by atoms with E-state index in [-0.39, 0.29) is 0 Å². The molecule has 1 aliphatic heterocycles. The molecule has 1 N–H and O–H groups in total. The monoisotopic (exact) mass is 250 g/mol. The normalized spacial score (nSPS) is 34.1. The van der Waals surface area contributed by atoms with Crippen molar-refractivity contribution >= 4 is 11.3 Å². The van der Waals surface area contributed by atoms with Gasteiger partial charge in [0.2, 0.25) is 0 Å². The van der Waals surface area contributed by atoms with E-state index in [0.717, 1.165) is 18.4 Å². The Balaban J connectivity index is 1.70. The van der Waals surface area contributed by atoms with Gasteiger partial charge in [-0.2, -0.15) is 0 Å². The Labute approximate surface area is 108 Å². The Morgan fingerprint density at radius 1 is 1.29 bits per heavy atom. The van der Waals surface area contributed by atoms with Crippen LogP contribution in [-0.2, 0) is 0 Å². The van der Waals surface area contributed by atoms with Gasteiger partial charge in [0.15, 0.2) is 0 Å². The Hall–Kier alpha value is -0.410. The lowest BCUT2D eigenvalue weighted by Crippen LogP contribution is -2.14. The summed E-state index contributed by atoms with van der Waals surface area (Å²) in [6.45, 7) is 3.55. The van der Waals surface area contributed by atoms with Crippen LogP contribution < -0.4 is 5.32 Å². The zero-order chi connectivity index (χ0) is 11.7. The molecule has 1 aliphatic carbocycles. The fourth-order valence-corrected chi connectivity index (χ4v) is 4.27. The standard InChI is InChI=1S/C14H22N2S/c1-10-4-2-5-11(8-10)14-16-13(9-17-14)12-6-3-7-15-12/h9-12,15H,2-8H2,1H3. The van der Waals surface area contributed by atoms with Crippen molar-refractivity contribution in [2.45, 2.75) is 57.4 Å². The van der Waals surface area contributed by atoms with Crippen LogP contribution in [0.3, 0.4) is 0 Å². The van der Waals surface area contributed by atoms with Crippen LogP contribution in [-0.4, -0.2) is 11.5 Å². The molecule has 1 saturated carbocycles. The maximum atomic E-state index is 4.91. The molecule has 17 heavy (non-hydrogen) atoms. The number of hydrogen-bond acceptors (Lipinski definition) is 3. The molecule has 1 aromatic rings. The van der Waals surface area contributed by atoms with Crippen LogP contribution in [0.4, 0.5) is 0 Å². The molecule has 3 rings (SSSR count). The van der Waals surface area contributed by atoms with Crippen LogP contribution >= 0.6 is 11.3 Å². The lowest BCUT2D eigenvalue weighted by Gasteiger charge is -2.24. The molecule has 0 bridgehead atoms. The van der Waals surface area contributed by atoms with E-state index >= 15 is 0 Å². The van der Waals surface area contributed by atoms with Crippen LogP contribution in [0.25, 0.3) is 0 Å². The van der Waals surface area contributed by atoms with Crippen molar-refractivity contribution in [2.75, 3.05) is 6.54 Å². The van der Waals surface area contributed by atoms with E-state index in [1.807, 2.05) is 11.3 Å². The van der Waals surface area contributed by atoms with Gasteiger partial charge in [0.05, 0.1) is 16.7 Å². The molecule has 0 amide bonds. The molecule has 0 radical (unpaired) electrons. The van der Waals surface area contributed by atoms with E-state index < -0.39 is 0 Å². The van der Waals surface area contributed by atoms with Crippen LogP contribution in [0.15, 0.2) is 5.38 Å². The summed E-state index contributed by atoms with van der Waals surface area (Å²) in [5.41, 5.74) is 1.31. The second kappa shape index (κ2) is 5.07. The van der Waals surface area contributed by atoms with Gasteiger partial charge in [-0.3, -0.25) is 0 Å². The molecule has 3 unspecified atom stereocenters. The summed E-state index contributed by atoms with van der Waals surface area (Å²) < 4.78 is 0. The van der Waals surface area contributed by atoms with Crippen molar-refractivity contribution in [3.8, 4) is 0 Å². The van der Waals surface area contributed by atoms with Crippen molar-refractivity contribution < 1.29 is 0 Å². The smallest absolute Gasteiger partial charge is 0.0960 e. The minimum Gasteiger partial charge on any atom is -0.309 e. The lowest BCUT2D eigenvalue weighted by molar-refractivity contribution is 0.343. The lowest BCUT2D eigenvalue weighted by atomic mass is 9.83. The molecule has 1 aromatic heterocycles. The summed E-state index contributed by atoms with van der Waals surface area (Å²) in [5, 5.41) is 7.23. The van der Waals surface area contributed by atoms with E-state index in [1.54, 1.807) is 0 Å². The first-order chi connectivity index (χ1) is 8.33. The summed E-state index contributed by atoms with van der Waals surface area (Å²) in [4.78, 5) is 4.91. The maximum Gasteiger partial charge on any atom is 0.0960 e. The fraction of sp³-hybridized carbons (Fsp3) is 0.786. The van der Waals surface area contributed by atoms with Crippen LogP contribution in [0.1, 0.15) is 68.1 Å². The van der Waals surface area contributed by atoms with Gasteiger partial charge in [0, 0.05) is 11.3 Å². The second-order valence-electron chi connectivity index (χ2n) is 5.73. The van der Waals surface area contributed by atoms with Gasteiger partial charge in [-0.25, -0.2) is 4.98 Å². The molecule has 0 spiro atoms. The maximum absolute atomic E-state index is 4.91. The number of aromatic nitrogens is 1. The molecule has 3 atom stereocenters. The zero-order valence-electron chi connectivity index (χ0n) is 10.6. The summed E-state index contributed by atoms with van der Waals surface area (Å²) in [6.07, 6.45) is 8.09. The molecule has 2 fully saturated rings. The summed E-state index contributed by atoms with van der Waals surface area (Å²) >= 11 is 1.89. The molecular weight excluding hydrogens is 228 g/mol. The highest BCUT2D eigenvalue weighted by Crippen LogP contribution is 2.38. The van der Waals surface area contributed by atoms with Gasteiger partial charge >= 0.3 is 0 Å². The minimum atomic E-state index is 0.543. The minimum absolute atomic E-state index is 0.543. The Kier molecular flexibility index (Phi) is 3.48. The van der Waals surface area contributed by atoms with Crippen molar-refractivity contribution in [1.29, 1.82) is 0 Å². The molecular formula is C14H22N2S. The molecule has 2 heterocycles. The molecule has 1 saturated heterocycles. The molecule has 94 valence electrons. The Morgan fingerprint density at radius 3 is 3.00 bits per heavy atom. The van der Waals surface area contributed by atoms with E-state index in [1.165, 1.54) is 49.2 Å². The van der Waals surface area contributed by atoms with Gasteiger partial charge in [0.1, 0.15) is 0 Å². The van der Waals surface area contributed by atoms with E-state index in [0.29, 0.717) is 6.04 Å². The number of rotatable bonds is 2. The van der Waals surface area contributed by atoms with Crippen molar-refractivity contribution in [1.82, 2.24) is 10.3 Å². The predicted octanol–water partition coefficient (Wildman–Crippen LogP) is 3.86. The third-order valence-electron chi connectivity index (χ3n) is 4.24. The highest BCUT2D eigenvalue weighted by Gasteiger charge is 2.25. The summed E-state index contributed by atoms with van der Waals surface area (Å²) in [6, 6.07) is 0.543. The van der Waals surface area contributed by atoms with Crippen LogP contribution in [0, 0.1) is 5.92 Å². The van der Waals surface area contributed by atoms with E-state index in [9.17, 15) is 0 Å². The van der Waals surface area contributed by atoms with Crippen molar-refractivity contribution in [3.05, 3.63) is 16.1 Å². The van der Waals surface area contributed by atoms with Crippen molar-refractivity contribution in [2.24, 2.45) is 5.92 Å². The Bertz CT molecular complexity index is 368. The summed E-state index contributed by atoms with van der Waals surface area (Å²) in [7, 11) is 0. The number of nitrogens with one attached hydrogen (secondary N) is 1. The van der Waals surface area contributed by atoms with Crippen molar-refractivity contribution in [3.63, 3.8) is 0 Å². The first kappa shape index (κ1) is 11.7. The highest BCUT2D eigenvalue weighted by molar-refractivity contribution is 7.09. The number of thiazole rings is 1. The van der Waals surface area contributed by atoms with Gasteiger partial charge in [-0.15, -0.1) is 11.3 Å². The zero-order valence-corrected chi connectivity index (χ0v) is 11.4. The average molecular weight is 250 g/mol. The first-order valence-corrected chi connectivity index (χ1v) is 7.89. The summed E-state index contributed by atoms with van der Waals surface area (Å²) in [5.74, 6) is 1.64. The topological polar surface area (TPSA) is 24.9 Å².